The zero-order valence-corrected chi connectivity index (χ0v) is 16.9. The number of furan rings is 1. The second kappa shape index (κ2) is 8.47. The summed E-state index contributed by atoms with van der Waals surface area (Å²) < 4.78 is 16.8. The van der Waals surface area contributed by atoms with Gasteiger partial charge in [-0.15, -0.1) is 0 Å². The van der Waals surface area contributed by atoms with Gasteiger partial charge in [-0.1, -0.05) is 35.4 Å². The van der Waals surface area contributed by atoms with Crippen molar-refractivity contribution in [3.05, 3.63) is 87.4 Å². The number of benzene rings is 2. The van der Waals surface area contributed by atoms with Crippen LogP contribution >= 0.6 is 11.6 Å². The molecule has 0 aliphatic heterocycles. The molecule has 0 unspecified atom stereocenters. The van der Waals surface area contributed by atoms with Crippen molar-refractivity contribution in [2.24, 2.45) is 0 Å². The van der Waals surface area contributed by atoms with Crippen LogP contribution in [0.2, 0.25) is 5.02 Å². The number of rotatable bonds is 6. The molecule has 7 heteroatoms. The van der Waals surface area contributed by atoms with E-state index in [1.807, 2.05) is 13.0 Å². The van der Waals surface area contributed by atoms with Crippen molar-refractivity contribution in [3.8, 4) is 17.1 Å². The molecule has 1 N–H and O–H groups in total. The number of carbonyl (C=O) groups excluding carboxylic acids is 1. The van der Waals surface area contributed by atoms with Gasteiger partial charge in [-0.2, -0.15) is 0 Å². The molecule has 0 fully saturated rings. The minimum atomic E-state index is -0.403. The molecule has 2 aromatic carbocycles. The van der Waals surface area contributed by atoms with Crippen LogP contribution in [0.1, 0.15) is 11.3 Å². The number of aryl methyl sites for hydroxylation is 1. The zero-order valence-electron chi connectivity index (χ0n) is 16.1. The van der Waals surface area contributed by atoms with Crippen LogP contribution in [0.5, 0.6) is 5.75 Å². The molecule has 0 saturated heterocycles. The second-order valence-corrected chi connectivity index (χ2v) is 7.12. The number of hydrogen-bond acceptors (Lipinski definition) is 5. The van der Waals surface area contributed by atoms with Crippen LogP contribution in [-0.2, 0) is 11.3 Å². The van der Waals surface area contributed by atoms with E-state index >= 15 is 0 Å². The van der Waals surface area contributed by atoms with Crippen LogP contribution in [0.3, 0.4) is 0 Å². The molecule has 0 atom stereocenters. The van der Waals surface area contributed by atoms with E-state index in [2.05, 4.69) is 5.32 Å². The molecule has 1 amide bonds. The number of hydrogen-bond donors (Lipinski definition) is 1. The largest absolute Gasteiger partial charge is 0.476 e. The quantitative estimate of drug-likeness (QED) is 0.485. The van der Waals surface area contributed by atoms with Gasteiger partial charge < -0.3 is 18.9 Å². The Bertz CT molecular complexity index is 1260. The third-order valence-corrected chi connectivity index (χ3v) is 4.84. The monoisotopic (exact) mass is 423 g/mol. The maximum atomic E-state index is 13.2. The van der Waals surface area contributed by atoms with E-state index in [9.17, 15) is 9.59 Å². The number of halogens is 1. The lowest BCUT2D eigenvalue weighted by atomic mass is 10.1. The van der Waals surface area contributed by atoms with Crippen LogP contribution in [0.25, 0.3) is 22.3 Å². The summed E-state index contributed by atoms with van der Waals surface area (Å²) in [6.07, 6.45) is 1.52. The van der Waals surface area contributed by atoms with Crippen LogP contribution < -0.4 is 15.5 Å². The van der Waals surface area contributed by atoms with Gasteiger partial charge in [0.15, 0.2) is 12.4 Å². The first-order chi connectivity index (χ1) is 14.5. The Labute approximate surface area is 177 Å². The molecular formula is C23H18ClNO5. The first kappa shape index (κ1) is 19.8. The van der Waals surface area contributed by atoms with Crippen LogP contribution in [0.4, 0.5) is 0 Å². The van der Waals surface area contributed by atoms with Gasteiger partial charge in [0.2, 0.25) is 11.2 Å². The van der Waals surface area contributed by atoms with E-state index in [4.69, 9.17) is 25.2 Å². The fourth-order valence-electron chi connectivity index (χ4n) is 3.03. The minimum absolute atomic E-state index is 0.0608. The maximum absolute atomic E-state index is 13.2. The molecule has 0 saturated carbocycles. The number of amides is 1. The Morgan fingerprint density at radius 3 is 2.73 bits per heavy atom. The summed E-state index contributed by atoms with van der Waals surface area (Å²) >= 11 is 6.32. The molecule has 152 valence electrons. The van der Waals surface area contributed by atoms with Gasteiger partial charge in [0.25, 0.3) is 5.91 Å². The van der Waals surface area contributed by atoms with Crippen molar-refractivity contribution in [2.45, 2.75) is 13.5 Å². The summed E-state index contributed by atoms with van der Waals surface area (Å²) in [5, 5.41) is 3.45. The van der Waals surface area contributed by atoms with Crippen molar-refractivity contribution in [2.75, 3.05) is 6.61 Å². The predicted octanol–water partition coefficient (Wildman–Crippen LogP) is 4.71. The minimum Gasteiger partial charge on any atom is -0.476 e. The van der Waals surface area contributed by atoms with Crippen molar-refractivity contribution in [1.82, 2.24) is 5.32 Å². The average molecular weight is 424 g/mol. The Morgan fingerprint density at radius 1 is 1.13 bits per heavy atom. The summed E-state index contributed by atoms with van der Waals surface area (Å²) in [6, 6.07) is 15.8. The van der Waals surface area contributed by atoms with Gasteiger partial charge in [0, 0.05) is 5.56 Å². The lowest BCUT2D eigenvalue weighted by Gasteiger charge is -2.13. The highest BCUT2D eigenvalue weighted by molar-refractivity contribution is 6.33. The van der Waals surface area contributed by atoms with E-state index < -0.39 is 5.91 Å². The number of fused-ring (bicyclic) bond motifs is 1. The molecule has 0 aliphatic carbocycles. The summed E-state index contributed by atoms with van der Waals surface area (Å²) in [6.45, 7) is 1.74. The van der Waals surface area contributed by atoms with E-state index in [0.29, 0.717) is 27.3 Å². The Hall–Kier alpha value is -3.51. The Morgan fingerprint density at radius 2 is 1.97 bits per heavy atom. The third kappa shape index (κ3) is 4.09. The third-order valence-electron chi connectivity index (χ3n) is 4.51. The van der Waals surface area contributed by atoms with Crippen LogP contribution in [0, 0.1) is 6.92 Å². The number of ether oxygens (including phenoxy) is 1. The predicted molar refractivity (Wildman–Crippen MR) is 114 cm³/mol. The normalized spacial score (nSPS) is 10.9. The second-order valence-electron chi connectivity index (χ2n) is 6.71. The Kier molecular flexibility index (Phi) is 5.59. The highest BCUT2D eigenvalue weighted by Crippen LogP contribution is 2.35. The summed E-state index contributed by atoms with van der Waals surface area (Å²) in [5.41, 5.74) is 1.45. The molecule has 4 aromatic rings. The Balaban J connectivity index is 1.68. The molecule has 2 aromatic heterocycles. The number of nitrogens with one attached hydrogen (secondary N) is 1. The first-order valence-corrected chi connectivity index (χ1v) is 9.65. The van der Waals surface area contributed by atoms with E-state index in [1.54, 1.807) is 48.5 Å². The molecule has 0 radical (unpaired) electrons. The molecule has 4 rings (SSSR count). The molecule has 0 spiro atoms. The van der Waals surface area contributed by atoms with E-state index in [1.165, 1.54) is 6.26 Å². The highest BCUT2D eigenvalue weighted by Gasteiger charge is 2.20. The molecular weight excluding hydrogens is 406 g/mol. The van der Waals surface area contributed by atoms with Crippen molar-refractivity contribution in [3.63, 3.8) is 0 Å². The SMILES string of the molecule is Cc1ccc2oc(-c3ccccc3Cl)c(OCC(=O)NCc3ccco3)c(=O)c2c1. The smallest absolute Gasteiger partial charge is 0.258 e. The van der Waals surface area contributed by atoms with Gasteiger partial charge in [-0.05, 0) is 43.3 Å². The fraction of sp³-hybridized carbons (Fsp3) is 0.130. The molecule has 0 bridgehead atoms. The van der Waals surface area contributed by atoms with Crippen LogP contribution in [0.15, 0.2) is 74.5 Å². The van der Waals surface area contributed by atoms with Gasteiger partial charge in [-0.3, -0.25) is 9.59 Å². The highest BCUT2D eigenvalue weighted by atomic mass is 35.5. The lowest BCUT2D eigenvalue weighted by molar-refractivity contribution is -0.123. The van der Waals surface area contributed by atoms with Crippen molar-refractivity contribution in [1.29, 1.82) is 0 Å². The lowest BCUT2D eigenvalue weighted by Crippen LogP contribution is -2.29. The van der Waals surface area contributed by atoms with Gasteiger partial charge in [0.05, 0.1) is 23.2 Å². The standard InChI is InChI=1S/C23H18ClNO5/c1-14-8-9-19-17(11-14)21(27)23(22(30-19)16-6-2-3-7-18(16)24)29-13-20(26)25-12-15-5-4-10-28-15/h2-11H,12-13H2,1H3,(H,25,26). The van der Waals surface area contributed by atoms with Gasteiger partial charge >= 0.3 is 0 Å². The first-order valence-electron chi connectivity index (χ1n) is 9.27. The summed E-state index contributed by atoms with van der Waals surface area (Å²) in [4.78, 5) is 25.4. The van der Waals surface area contributed by atoms with Crippen molar-refractivity contribution < 1.29 is 18.4 Å². The molecule has 6 nitrogen and oxygen atoms in total. The van der Waals surface area contributed by atoms with Gasteiger partial charge in [0.1, 0.15) is 11.3 Å². The molecule has 0 aliphatic rings. The molecule has 30 heavy (non-hydrogen) atoms. The maximum Gasteiger partial charge on any atom is 0.258 e. The summed E-state index contributed by atoms with van der Waals surface area (Å²) in [5.74, 6) is 0.330. The zero-order chi connectivity index (χ0) is 21.1. The van der Waals surface area contributed by atoms with Crippen molar-refractivity contribution >= 4 is 28.5 Å². The van der Waals surface area contributed by atoms with E-state index in [0.717, 1.165) is 5.56 Å². The van der Waals surface area contributed by atoms with Gasteiger partial charge in [-0.25, -0.2) is 0 Å². The molecule has 2 heterocycles. The fourth-order valence-corrected chi connectivity index (χ4v) is 3.25. The van der Waals surface area contributed by atoms with E-state index in [-0.39, 0.29) is 30.1 Å². The number of carbonyl (C=O) groups is 1. The topological polar surface area (TPSA) is 81.7 Å². The summed E-state index contributed by atoms with van der Waals surface area (Å²) in [7, 11) is 0. The average Bonchev–Trinajstić information content (AvgIpc) is 3.26. The van der Waals surface area contributed by atoms with Crippen LogP contribution in [-0.4, -0.2) is 12.5 Å².